The maximum atomic E-state index is 6.00. The zero-order valence-corrected chi connectivity index (χ0v) is 15.9. The van der Waals surface area contributed by atoms with Crippen LogP contribution in [0.3, 0.4) is 0 Å². The molecule has 0 aliphatic carbocycles. The summed E-state index contributed by atoms with van der Waals surface area (Å²) in [7, 11) is 0. The molecule has 27 heavy (non-hydrogen) atoms. The number of guanidine groups is 1. The molecule has 0 radical (unpaired) electrons. The first-order valence-electron chi connectivity index (χ1n) is 8.87. The van der Waals surface area contributed by atoms with E-state index in [1.54, 1.807) is 12.3 Å². The number of rotatable bonds is 8. The summed E-state index contributed by atoms with van der Waals surface area (Å²) in [6.45, 7) is 4.08. The lowest BCUT2D eigenvalue weighted by atomic mass is 10.2. The topological polar surface area (TPSA) is 88.5 Å². The summed E-state index contributed by atoms with van der Waals surface area (Å²) in [5.41, 5.74) is 0.828. The highest BCUT2D eigenvalue weighted by Crippen LogP contribution is 2.19. The number of furan rings is 1. The average molecular weight is 388 g/mol. The molecule has 8 heteroatoms. The second-order valence-corrected chi connectivity index (χ2v) is 6.23. The van der Waals surface area contributed by atoms with E-state index in [-0.39, 0.29) is 0 Å². The molecule has 2 N–H and O–H groups in total. The Labute approximate surface area is 162 Å². The van der Waals surface area contributed by atoms with Gasteiger partial charge >= 0.3 is 0 Å². The van der Waals surface area contributed by atoms with Gasteiger partial charge in [0.05, 0.1) is 12.8 Å². The first kappa shape index (κ1) is 19.0. The summed E-state index contributed by atoms with van der Waals surface area (Å²) < 4.78 is 10.6. The van der Waals surface area contributed by atoms with E-state index in [2.05, 4.69) is 25.8 Å². The fourth-order valence-electron chi connectivity index (χ4n) is 2.47. The summed E-state index contributed by atoms with van der Waals surface area (Å²) in [6, 6.07) is 11.2. The fourth-order valence-corrected chi connectivity index (χ4v) is 2.66. The van der Waals surface area contributed by atoms with Crippen LogP contribution < -0.4 is 10.6 Å². The van der Waals surface area contributed by atoms with Crippen molar-refractivity contribution >= 4 is 17.6 Å². The van der Waals surface area contributed by atoms with Crippen LogP contribution in [-0.4, -0.2) is 35.7 Å². The van der Waals surface area contributed by atoms with Crippen molar-refractivity contribution in [2.24, 2.45) is 4.99 Å². The van der Waals surface area contributed by atoms with Crippen molar-refractivity contribution in [1.29, 1.82) is 0 Å². The first-order valence-corrected chi connectivity index (χ1v) is 9.25. The van der Waals surface area contributed by atoms with Crippen LogP contribution in [0, 0.1) is 0 Å². The van der Waals surface area contributed by atoms with E-state index in [0.717, 1.165) is 36.8 Å². The van der Waals surface area contributed by atoms with Crippen molar-refractivity contribution in [3.8, 4) is 11.4 Å². The second-order valence-electron chi connectivity index (χ2n) is 5.79. The summed E-state index contributed by atoms with van der Waals surface area (Å²) in [4.78, 5) is 8.94. The molecule has 3 aromatic rings. The van der Waals surface area contributed by atoms with Gasteiger partial charge in [-0.25, -0.2) is 0 Å². The van der Waals surface area contributed by atoms with E-state index in [9.17, 15) is 0 Å². The van der Waals surface area contributed by atoms with Crippen molar-refractivity contribution in [2.45, 2.75) is 19.8 Å². The number of benzene rings is 1. The van der Waals surface area contributed by atoms with Gasteiger partial charge in [-0.15, -0.1) is 0 Å². The minimum atomic E-state index is 0.528. The predicted octanol–water partition coefficient (Wildman–Crippen LogP) is 3.32. The van der Waals surface area contributed by atoms with Crippen LogP contribution in [0.1, 0.15) is 18.6 Å². The molecule has 2 heterocycles. The molecule has 0 spiro atoms. The second kappa shape index (κ2) is 9.78. The molecular weight excluding hydrogens is 366 g/mol. The minimum Gasteiger partial charge on any atom is -0.469 e. The highest BCUT2D eigenvalue weighted by Gasteiger charge is 2.09. The molecular formula is C19H22ClN5O2. The Morgan fingerprint density at radius 2 is 2.11 bits per heavy atom. The van der Waals surface area contributed by atoms with Crippen LogP contribution in [-0.2, 0) is 12.8 Å². The lowest BCUT2D eigenvalue weighted by Gasteiger charge is -2.10. The molecule has 0 atom stereocenters. The number of hydrogen-bond acceptors (Lipinski definition) is 5. The quantitative estimate of drug-likeness (QED) is 0.455. The number of nitrogens with one attached hydrogen (secondary N) is 2. The van der Waals surface area contributed by atoms with Gasteiger partial charge in [0, 0.05) is 36.5 Å². The van der Waals surface area contributed by atoms with Gasteiger partial charge in [0.1, 0.15) is 5.76 Å². The molecule has 0 fully saturated rings. The van der Waals surface area contributed by atoms with Gasteiger partial charge in [-0.05, 0) is 31.2 Å². The van der Waals surface area contributed by atoms with Gasteiger partial charge in [0.15, 0.2) is 5.96 Å². The van der Waals surface area contributed by atoms with Crippen LogP contribution in [0.2, 0.25) is 5.02 Å². The van der Waals surface area contributed by atoms with Gasteiger partial charge in [-0.2, -0.15) is 4.98 Å². The van der Waals surface area contributed by atoms with Crippen molar-refractivity contribution in [3.63, 3.8) is 0 Å². The Hall–Kier alpha value is -2.80. The molecule has 7 nitrogen and oxygen atoms in total. The largest absolute Gasteiger partial charge is 0.469 e. The van der Waals surface area contributed by atoms with E-state index in [1.165, 1.54) is 0 Å². The van der Waals surface area contributed by atoms with Crippen molar-refractivity contribution in [3.05, 3.63) is 59.3 Å². The normalized spacial score (nSPS) is 11.6. The van der Waals surface area contributed by atoms with Crippen LogP contribution in [0.5, 0.6) is 0 Å². The molecule has 0 aliphatic heterocycles. The smallest absolute Gasteiger partial charge is 0.228 e. The van der Waals surface area contributed by atoms with Gasteiger partial charge in [0.25, 0.3) is 0 Å². The predicted molar refractivity (Wildman–Crippen MR) is 105 cm³/mol. The molecule has 0 aliphatic rings. The number of hydrogen-bond donors (Lipinski definition) is 2. The maximum Gasteiger partial charge on any atom is 0.228 e. The molecule has 142 valence electrons. The Kier molecular flexibility index (Phi) is 6.87. The zero-order valence-electron chi connectivity index (χ0n) is 15.1. The third kappa shape index (κ3) is 5.86. The van der Waals surface area contributed by atoms with E-state index in [1.807, 2.05) is 37.3 Å². The third-order valence-electron chi connectivity index (χ3n) is 3.73. The number of nitrogens with zero attached hydrogens (tertiary/aromatic N) is 3. The Bertz CT molecular complexity index is 861. The van der Waals surface area contributed by atoms with E-state index in [4.69, 9.17) is 20.5 Å². The monoisotopic (exact) mass is 387 g/mol. The van der Waals surface area contributed by atoms with Crippen molar-refractivity contribution in [2.75, 3.05) is 19.6 Å². The first-order chi connectivity index (χ1) is 13.2. The maximum absolute atomic E-state index is 6.00. The Morgan fingerprint density at radius 1 is 1.19 bits per heavy atom. The molecule has 0 bridgehead atoms. The van der Waals surface area contributed by atoms with Crippen LogP contribution in [0.4, 0.5) is 0 Å². The number of aliphatic imine (C=N–C) groups is 1. The highest BCUT2D eigenvalue weighted by atomic mass is 35.5. The van der Waals surface area contributed by atoms with Crippen molar-refractivity contribution < 1.29 is 8.94 Å². The third-order valence-corrected chi connectivity index (χ3v) is 3.97. The standard InChI is InChI=1S/C19H22ClN5O2/c1-2-21-19(22-10-8-16-7-4-12-26-16)23-11-9-17-24-18(25-27-17)14-5-3-6-15(20)13-14/h3-7,12-13H,2,8-11H2,1H3,(H2,21,22,23). The highest BCUT2D eigenvalue weighted by molar-refractivity contribution is 6.30. The SMILES string of the molecule is CCNC(=NCCc1nc(-c2cccc(Cl)c2)no1)NCCc1ccco1. The summed E-state index contributed by atoms with van der Waals surface area (Å²) in [5, 5.41) is 11.1. The summed E-state index contributed by atoms with van der Waals surface area (Å²) in [6.07, 6.45) is 3.03. The average Bonchev–Trinajstić information content (AvgIpc) is 3.34. The lowest BCUT2D eigenvalue weighted by Crippen LogP contribution is -2.38. The Balaban J connectivity index is 1.51. The van der Waals surface area contributed by atoms with Crippen LogP contribution >= 0.6 is 11.6 Å². The molecule has 1 aromatic carbocycles. The molecule has 0 saturated heterocycles. The number of aromatic nitrogens is 2. The van der Waals surface area contributed by atoms with E-state index >= 15 is 0 Å². The molecule has 0 amide bonds. The van der Waals surface area contributed by atoms with Gasteiger partial charge in [-0.1, -0.05) is 28.9 Å². The minimum absolute atomic E-state index is 0.528. The summed E-state index contributed by atoms with van der Waals surface area (Å²) >= 11 is 6.00. The lowest BCUT2D eigenvalue weighted by molar-refractivity contribution is 0.380. The fraction of sp³-hybridized carbons (Fsp3) is 0.316. The molecule has 3 rings (SSSR count). The van der Waals surface area contributed by atoms with E-state index in [0.29, 0.717) is 29.7 Å². The number of halogens is 1. The van der Waals surface area contributed by atoms with Crippen LogP contribution in [0.15, 0.2) is 56.6 Å². The van der Waals surface area contributed by atoms with E-state index < -0.39 is 0 Å². The molecule has 2 aromatic heterocycles. The van der Waals surface area contributed by atoms with Gasteiger partial charge in [0.2, 0.25) is 11.7 Å². The molecule has 0 saturated carbocycles. The van der Waals surface area contributed by atoms with Gasteiger partial charge in [-0.3, -0.25) is 4.99 Å². The van der Waals surface area contributed by atoms with Crippen LogP contribution in [0.25, 0.3) is 11.4 Å². The Morgan fingerprint density at radius 3 is 2.89 bits per heavy atom. The van der Waals surface area contributed by atoms with Crippen molar-refractivity contribution in [1.82, 2.24) is 20.8 Å². The molecule has 0 unspecified atom stereocenters. The van der Waals surface area contributed by atoms with Gasteiger partial charge < -0.3 is 19.6 Å². The zero-order chi connectivity index (χ0) is 18.9. The summed E-state index contributed by atoms with van der Waals surface area (Å²) in [5.74, 6) is 2.76.